The van der Waals surface area contributed by atoms with E-state index in [1.54, 1.807) is 12.1 Å². The molecule has 5 nitrogen and oxygen atoms in total. The number of nitro benzene ring substituents is 1. The molecule has 1 fully saturated rings. The van der Waals surface area contributed by atoms with Gasteiger partial charge < -0.3 is 10.2 Å². The van der Waals surface area contributed by atoms with Gasteiger partial charge in [0.25, 0.3) is 5.69 Å². The Bertz CT molecular complexity index is 447. The summed E-state index contributed by atoms with van der Waals surface area (Å²) in [7, 11) is 2.18. The van der Waals surface area contributed by atoms with E-state index in [9.17, 15) is 10.1 Å². The van der Waals surface area contributed by atoms with Crippen LogP contribution in [0.2, 0.25) is 0 Å². The van der Waals surface area contributed by atoms with E-state index in [4.69, 9.17) is 0 Å². The fraction of sp³-hybridized carbons (Fsp3) is 0.600. The number of benzene rings is 1. The van der Waals surface area contributed by atoms with E-state index >= 15 is 0 Å². The first-order valence-electron chi connectivity index (χ1n) is 7.23. The molecule has 1 saturated heterocycles. The Balaban J connectivity index is 1.74. The van der Waals surface area contributed by atoms with E-state index in [1.165, 1.54) is 12.8 Å². The van der Waals surface area contributed by atoms with Crippen molar-refractivity contribution in [2.75, 3.05) is 20.1 Å². The van der Waals surface area contributed by atoms with Gasteiger partial charge in [-0.1, -0.05) is 12.1 Å². The van der Waals surface area contributed by atoms with Gasteiger partial charge in [0.05, 0.1) is 4.92 Å². The lowest BCUT2D eigenvalue weighted by molar-refractivity contribution is -0.384. The summed E-state index contributed by atoms with van der Waals surface area (Å²) in [6.45, 7) is 4.35. The highest BCUT2D eigenvalue weighted by Crippen LogP contribution is 2.15. The molecule has 1 aliphatic rings. The minimum Gasteiger partial charge on any atom is -0.314 e. The molecule has 0 aromatic heterocycles. The number of piperidine rings is 1. The van der Waals surface area contributed by atoms with Gasteiger partial charge in [-0.25, -0.2) is 0 Å². The number of hydrogen-bond acceptors (Lipinski definition) is 4. The second-order valence-electron chi connectivity index (χ2n) is 5.68. The molecule has 1 aromatic carbocycles. The Morgan fingerprint density at radius 3 is 2.70 bits per heavy atom. The van der Waals surface area contributed by atoms with Crippen LogP contribution < -0.4 is 5.32 Å². The van der Waals surface area contributed by atoms with Crippen LogP contribution in [0.4, 0.5) is 5.69 Å². The molecule has 0 spiro atoms. The van der Waals surface area contributed by atoms with Crippen LogP contribution in [0.25, 0.3) is 0 Å². The summed E-state index contributed by atoms with van der Waals surface area (Å²) in [5, 5.41) is 14.2. The van der Waals surface area contributed by atoms with Crippen molar-refractivity contribution in [2.45, 2.75) is 38.3 Å². The van der Waals surface area contributed by atoms with Crippen molar-refractivity contribution in [1.82, 2.24) is 10.2 Å². The Hall–Kier alpha value is -1.46. The third-order valence-electron chi connectivity index (χ3n) is 4.20. The summed E-state index contributed by atoms with van der Waals surface area (Å²) >= 11 is 0. The summed E-state index contributed by atoms with van der Waals surface area (Å²) in [6, 6.07) is 8.08. The van der Waals surface area contributed by atoms with Crippen LogP contribution in [0.5, 0.6) is 0 Å². The largest absolute Gasteiger partial charge is 0.314 e. The van der Waals surface area contributed by atoms with Crippen molar-refractivity contribution in [3.8, 4) is 0 Å². The Morgan fingerprint density at radius 1 is 1.40 bits per heavy atom. The lowest BCUT2D eigenvalue weighted by Gasteiger charge is -2.35. The lowest BCUT2D eigenvalue weighted by Crippen LogP contribution is -2.46. The fourth-order valence-electron chi connectivity index (χ4n) is 2.68. The average molecular weight is 277 g/mol. The summed E-state index contributed by atoms with van der Waals surface area (Å²) in [5.74, 6) is 0. The molecule has 2 unspecified atom stereocenters. The van der Waals surface area contributed by atoms with Crippen LogP contribution in [-0.4, -0.2) is 42.0 Å². The van der Waals surface area contributed by atoms with Gasteiger partial charge in [-0.3, -0.25) is 10.1 Å². The molecule has 0 amide bonds. The molecule has 5 heteroatoms. The van der Waals surface area contributed by atoms with Gasteiger partial charge in [-0.15, -0.1) is 0 Å². The van der Waals surface area contributed by atoms with Crippen LogP contribution in [0.1, 0.15) is 25.3 Å². The molecule has 2 rings (SSSR count). The minimum absolute atomic E-state index is 0.158. The molecular formula is C15H23N3O2. The first kappa shape index (κ1) is 14.9. The highest BCUT2D eigenvalue weighted by molar-refractivity contribution is 5.32. The van der Waals surface area contributed by atoms with E-state index in [0.717, 1.165) is 25.1 Å². The summed E-state index contributed by atoms with van der Waals surface area (Å²) < 4.78 is 0. The fourth-order valence-corrected chi connectivity index (χ4v) is 2.68. The molecule has 1 heterocycles. The number of nitrogens with one attached hydrogen (secondary N) is 1. The Labute approximate surface area is 120 Å². The quantitative estimate of drug-likeness (QED) is 0.662. The van der Waals surface area contributed by atoms with Gasteiger partial charge in [0.2, 0.25) is 0 Å². The average Bonchev–Trinajstić information content (AvgIpc) is 2.43. The summed E-state index contributed by atoms with van der Waals surface area (Å²) in [6.07, 6.45) is 3.30. The lowest BCUT2D eigenvalue weighted by atomic mass is 9.99. The van der Waals surface area contributed by atoms with Crippen molar-refractivity contribution in [3.05, 3.63) is 39.9 Å². The zero-order valence-corrected chi connectivity index (χ0v) is 12.2. The monoisotopic (exact) mass is 277 g/mol. The van der Waals surface area contributed by atoms with Gasteiger partial charge in [-0.05, 0) is 51.9 Å². The number of non-ortho nitro benzene ring substituents is 1. The molecule has 0 radical (unpaired) electrons. The standard InChI is InChI=1S/C15H23N3O2/c1-12-11-14(8-10-17(12)2)16-9-7-13-3-5-15(6-4-13)18(19)20/h3-6,12,14,16H,7-11H2,1-2H3. The number of rotatable bonds is 5. The third kappa shape index (κ3) is 4.02. The normalized spacial score (nSPS) is 23.7. The SMILES string of the molecule is CC1CC(NCCc2ccc([N+](=O)[O-])cc2)CCN1C. The molecule has 1 aromatic rings. The maximum Gasteiger partial charge on any atom is 0.269 e. The highest BCUT2D eigenvalue weighted by atomic mass is 16.6. The summed E-state index contributed by atoms with van der Waals surface area (Å²) in [5.41, 5.74) is 1.30. The third-order valence-corrected chi connectivity index (χ3v) is 4.20. The molecule has 0 bridgehead atoms. The number of hydrogen-bond donors (Lipinski definition) is 1. The maximum absolute atomic E-state index is 10.6. The molecule has 110 valence electrons. The van der Waals surface area contributed by atoms with Crippen molar-refractivity contribution in [2.24, 2.45) is 0 Å². The van der Waals surface area contributed by atoms with Crippen molar-refractivity contribution in [3.63, 3.8) is 0 Å². The van der Waals surface area contributed by atoms with E-state index < -0.39 is 0 Å². The molecule has 1 N–H and O–H groups in total. The molecule has 0 saturated carbocycles. The number of nitrogens with zero attached hydrogens (tertiary/aromatic N) is 2. The zero-order chi connectivity index (χ0) is 14.5. The van der Waals surface area contributed by atoms with E-state index in [1.807, 2.05) is 12.1 Å². The number of nitro groups is 1. The second kappa shape index (κ2) is 6.81. The first-order chi connectivity index (χ1) is 9.56. The molecule has 0 aliphatic carbocycles. The van der Waals surface area contributed by atoms with Gasteiger partial charge in [0.15, 0.2) is 0 Å². The minimum atomic E-state index is -0.359. The van der Waals surface area contributed by atoms with Gasteiger partial charge in [0, 0.05) is 24.2 Å². The smallest absolute Gasteiger partial charge is 0.269 e. The topological polar surface area (TPSA) is 58.4 Å². The van der Waals surface area contributed by atoms with Crippen LogP contribution in [0.3, 0.4) is 0 Å². The van der Waals surface area contributed by atoms with Gasteiger partial charge >= 0.3 is 0 Å². The molecular weight excluding hydrogens is 254 g/mol. The summed E-state index contributed by atoms with van der Waals surface area (Å²) in [4.78, 5) is 12.6. The second-order valence-corrected chi connectivity index (χ2v) is 5.68. The van der Waals surface area contributed by atoms with Crippen molar-refractivity contribution in [1.29, 1.82) is 0 Å². The first-order valence-corrected chi connectivity index (χ1v) is 7.23. The molecule has 20 heavy (non-hydrogen) atoms. The van der Waals surface area contributed by atoms with Crippen LogP contribution in [-0.2, 0) is 6.42 Å². The van der Waals surface area contributed by atoms with Crippen molar-refractivity contribution >= 4 is 5.69 Å². The van der Waals surface area contributed by atoms with E-state index in [-0.39, 0.29) is 10.6 Å². The Morgan fingerprint density at radius 2 is 2.10 bits per heavy atom. The predicted octanol–water partition coefficient (Wildman–Crippen LogP) is 2.21. The van der Waals surface area contributed by atoms with Gasteiger partial charge in [-0.2, -0.15) is 0 Å². The van der Waals surface area contributed by atoms with E-state index in [2.05, 4.69) is 24.2 Å². The predicted molar refractivity (Wildman–Crippen MR) is 79.9 cm³/mol. The van der Waals surface area contributed by atoms with Crippen LogP contribution in [0, 0.1) is 10.1 Å². The Kier molecular flexibility index (Phi) is 5.09. The molecule has 1 aliphatic heterocycles. The van der Waals surface area contributed by atoms with Gasteiger partial charge in [0.1, 0.15) is 0 Å². The molecule has 2 atom stereocenters. The van der Waals surface area contributed by atoms with Crippen molar-refractivity contribution < 1.29 is 4.92 Å². The van der Waals surface area contributed by atoms with E-state index in [0.29, 0.717) is 12.1 Å². The number of likely N-dealkylation sites (tertiary alicyclic amines) is 1. The zero-order valence-electron chi connectivity index (χ0n) is 12.2. The van der Waals surface area contributed by atoms with Crippen LogP contribution in [0.15, 0.2) is 24.3 Å². The highest BCUT2D eigenvalue weighted by Gasteiger charge is 2.21. The maximum atomic E-state index is 10.6. The van der Waals surface area contributed by atoms with Crippen LogP contribution >= 0.6 is 0 Å².